The minimum absolute atomic E-state index is 0.0547. The van der Waals surface area contributed by atoms with Crippen molar-refractivity contribution in [3.05, 3.63) is 0 Å². The molecule has 0 aromatic rings. The summed E-state index contributed by atoms with van der Waals surface area (Å²) in [6, 6.07) is 0. The molecule has 3 atom stereocenters. The molecule has 4 bridgehead atoms. The first kappa shape index (κ1) is 24.4. The van der Waals surface area contributed by atoms with Gasteiger partial charge in [-0.05, 0) is 31.6 Å². The first-order valence-corrected chi connectivity index (χ1v) is 10.7. The van der Waals surface area contributed by atoms with Crippen molar-refractivity contribution in [3.8, 4) is 0 Å². The van der Waals surface area contributed by atoms with Crippen molar-refractivity contribution >= 4 is 40.5 Å². The Balaban J connectivity index is 1.96. The summed E-state index contributed by atoms with van der Waals surface area (Å²) in [5.74, 6) is -6.22. The topological polar surface area (TPSA) is 78.9 Å². The van der Waals surface area contributed by atoms with E-state index in [1.807, 2.05) is 22.6 Å². The number of halogens is 7. The second-order valence-electron chi connectivity index (χ2n) is 8.63. The van der Waals surface area contributed by atoms with Gasteiger partial charge in [0.05, 0.1) is 0 Å². The predicted molar refractivity (Wildman–Crippen MR) is 97.9 cm³/mol. The second-order valence-corrected chi connectivity index (χ2v) is 10.1. The molecule has 6 nitrogen and oxygen atoms in total. The fourth-order valence-corrected chi connectivity index (χ4v) is 5.60. The maximum Gasteiger partial charge on any atom is 0.490 e. The molecule has 4 saturated carbocycles. The number of alkyl halides is 7. The quantitative estimate of drug-likeness (QED) is 0.162. The molecule has 13 heteroatoms. The number of rotatable bonds is 5. The number of hydrogen-bond acceptors (Lipinski definition) is 6. The smallest absolute Gasteiger partial charge is 0.458 e. The summed E-state index contributed by atoms with van der Waals surface area (Å²) in [5.41, 5.74) is -5.21. The van der Waals surface area contributed by atoms with Gasteiger partial charge in [0, 0.05) is 19.3 Å². The summed E-state index contributed by atoms with van der Waals surface area (Å²) in [5, 5.41) is 0. The SMILES string of the molecule is CCC(I)C(=O)OC12CC3CC(OC(=O)C(F)(F)F)(C1)CC(OC(=O)C(F)(F)F)(C3)C2. The van der Waals surface area contributed by atoms with Crippen molar-refractivity contribution in [2.75, 3.05) is 0 Å². The van der Waals surface area contributed by atoms with Gasteiger partial charge in [0.15, 0.2) is 0 Å². The van der Waals surface area contributed by atoms with Gasteiger partial charge >= 0.3 is 30.3 Å². The van der Waals surface area contributed by atoms with Crippen molar-refractivity contribution in [2.24, 2.45) is 5.92 Å². The Hall–Kier alpha value is -1.28. The first-order chi connectivity index (χ1) is 14.0. The minimum Gasteiger partial charge on any atom is -0.458 e. The summed E-state index contributed by atoms with van der Waals surface area (Å²) in [6.07, 6.45) is -11.3. The molecule has 0 aromatic heterocycles. The van der Waals surface area contributed by atoms with Crippen molar-refractivity contribution in [1.29, 1.82) is 0 Å². The van der Waals surface area contributed by atoms with E-state index >= 15 is 0 Å². The molecule has 4 rings (SSSR count). The van der Waals surface area contributed by atoms with Gasteiger partial charge in [0.2, 0.25) is 0 Å². The molecule has 3 unspecified atom stereocenters. The van der Waals surface area contributed by atoms with Crippen LogP contribution >= 0.6 is 22.6 Å². The van der Waals surface area contributed by atoms with Gasteiger partial charge in [0.1, 0.15) is 20.7 Å². The Morgan fingerprint density at radius 3 is 1.52 bits per heavy atom. The number of hydrogen-bond donors (Lipinski definition) is 0. The summed E-state index contributed by atoms with van der Waals surface area (Å²) >= 11 is 1.82. The monoisotopic (exact) mass is 572 g/mol. The lowest BCUT2D eigenvalue weighted by atomic mass is 9.50. The molecule has 0 aromatic carbocycles. The molecule has 0 amide bonds. The van der Waals surface area contributed by atoms with Crippen LogP contribution in [0.4, 0.5) is 26.3 Å². The minimum atomic E-state index is -5.32. The second kappa shape index (κ2) is 7.65. The Morgan fingerprint density at radius 2 is 1.19 bits per heavy atom. The molecule has 4 fully saturated rings. The van der Waals surface area contributed by atoms with Gasteiger partial charge < -0.3 is 14.2 Å². The van der Waals surface area contributed by atoms with Crippen molar-refractivity contribution in [1.82, 2.24) is 0 Å². The standard InChI is InChI=1S/C18H19F6IO6/c1-2-10(25)11(26)29-14-3-9-4-15(6-14,30-12(27)17(19,20)21)8-16(5-9,7-14)31-13(28)18(22,23)24/h9-10H,2-8H2,1H3. The Bertz CT molecular complexity index is 736. The molecule has 0 saturated heterocycles. The third kappa shape index (κ3) is 4.90. The lowest BCUT2D eigenvalue weighted by Gasteiger charge is -2.63. The lowest BCUT2D eigenvalue weighted by Crippen LogP contribution is -2.69. The van der Waals surface area contributed by atoms with Crippen LogP contribution in [0.15, 0.2) is 0 Å². The predicted octanol–water partition coefficient (Wildman–Crippen LogP) is 4.17. The van der Waals surface area contributed by atoms with Crippen LogP contribution < -0.4 is 0 Å². The molecule has 0 N–H and O–H groups in total. The zero-order valence-electron chi connectivity index (χ0n) is 16.2. The van der Waals surface area contributed by atoms with Crippen LogP contribution in [-0.4, -0.2) is 51.0 Å². The van der Waals surface area contributed by atoms with Crippen LogP contribution in [0, 0.1) is 5.92 Å². The Labute approximate surface area is 186 Å². The average molecular weight is 572 g/mol. The van der Waals surface area contributed by atoms with E-state index in [1.54, 1.807) is 6.92 Å². The van der Waals surface area contributed by atoms with Crippen molar-refractivity contribution in [2.45, 2.75) is 84.9 Å². The molecule has 4 aliphatic carbocycles. The van der Waals surface area contributed by atoms with Crippen LogP contribution in [0.25, 0.3) is 0 Å². The zero-order chi connectivity index (χ0) is 23.5. The van der Waals surface area contributed by atoms with E-state index in [2.05, 4.69) is 0 Å². The van der Waals surface area contributed by atoms with Gasteiger partial charge in [-0.2, -0.15) is 26.3 Å². The molecule has 31 heavy (non-hydrogen) atoms. The van der Waals surface area contributed by atoms with Gasteiger partial charge in [-0.3, -0.25) is 4.79 Å². The lowest BCUT2D eigenvalue weighted by molar-refractivity contribution is -0.290. The summed E-state index contributed by atoms with van der Waals surface area (Å²) in [4.78, 5) is 35.6. The highest BCUT2D eigenvalue weighted by molar-refractivity contribution is 14.1. The largest absolute Gasteiger partial charge is 0.490 e. The van der Waals surface area contributed by atoms with E-state index in [-0.39, 0.29) is 32.1 Å². The third-order valence-corrected chi connectivity index (χ3v) is 7.32. The number of esters is 3. The van der Waals surface area contributed by atoms with E-state index in [4.69, 9.17) is 14.2 Å². The zero-order valence-corrected chi connectivity index (χ0v) is 18.4. The fraction of sp³-hybridized carbons (Fsp3) is 0.833. The van der Waals surface area contributed by atoms with Crippen LogP contribution in [0.3, 0.4) is 0 Å². The highest BCUT2D eigenvalue weighted by Crippen LogP contribution is 2.63. The van der Waals surface area contributed by atoms with Crippen LogP contribution in [0.1, 0.15) is 51.9 Å². The normalized spacial score (nSPS) is 35.4. The molecular formula is C18H19F6IO6. The van der Waals surface area contributed by atoms with Crippen molar-refractivity contribution < 1.29 is 54.9 Å². The van der Waals surface area contributed by atoms with E-state index in [0.29, 0.717) is 6.42 Å². The molecule has 0 spiro atoms. The van der Waals surface area contributed by atoms with Gasteiger partial charge in [-0.25, -0.2) is 9.59 Å². The highest BCUT2D eigenvalue weighted by Gasteiger charge is 2.70. The summed E-state index contributed by atoms with van der Waals surface area (Å²) in [6.45, 7) is 1.71. The number of carbonyl (C=O) groups excluding carboxylic acids is 3. The van der Waals surface area contributed by atoms with Gasteiger partial charge in [-0.15, -0.1) is 0 Å². The van der Waals surface area contributed by atoms with Crippen LogP contribution in [0.5, 0.6) is 0 Å². The maximum atomic E-state index is 12.9. The maximum absolute atomic E-state index is 12.9. The molecular weight excluding hydrogens is 553 g/mol. The molecule has 176 valence electrons. The number of carbonyl (C=O) groups is 3. The average Bonchev–Trinajstić information content (AvgIpc) is 2.56. The Kier molecular flexibility index (Phi) is 6.01. The third-order valence-electron chi connectivity index (χ3n) is 5.93. The molecule has 4 aliphatic rings. The van der Waals surface area contributed by atoms with Crippen LogP contribution in [-0.2, 0) is 28.6 Å². The van der Waals surface area contributed by atoms with Gasteiger partial charge in [0.25, 0.3) is 0 Å². The first-order valence-electron chi connectivity index (χ1n) is 9.50. The summed E-state index contributed by atoms with van der Waals surface area (Å²) in [7, 11) is 0. The van der Waals surface area contributed by atoms with Crippen molar-refractivity contribution in [3.63, 3.8) is 0 Å². The van der Waals surface area contributed by atoms with E-state index < -0.39 is 63.3 Å². The summed E-state index contributed by atoms with van der Waals surface area (Å²) < 4.78 is 91.7. The molecule has 0 heterocycles. The van der Waals surface area contributed by atoms with Gasteiger partial charge in [-0.1, -0.05) is 29.5 Å². The van der Waals surface area contributed by atoms with E-state index in [0.717, 1.165) is 0 Å². The van der Waals surface area contributed by atoms with E-state index in [9.17, 15) is 40.7 Å². The Morgan fingerprint density at radius 1 is 0.839 bits per heavy atom. The molecule has 0 aliphatic heterocycles. The number of ether oxygens (including phenoxy) is 3. The van der Waals surface area contributed by atoms with E-state index in [1.165, 1.54) is 0 Å². The van der Waals surface area contributed by atoms with Crippen LogP contribution in [0.2, 0.25) is 0 Å². The highest BCUT2D eigenvalue weighted by atomic mass is 127. The fourth-order valence-electron chi connectivity index (χ4n) is 5.47. The molecule has 0 radical (unpaired) electrons.